The third-order valence-corrected chi connectivity index (χ3v) is 5.73. The molecule has 0 saturated carbocycles. The maximum atomic E-state index is 12.9. The van der Waals surface area contributed by atoms with Gasteiger partial charge in [0.2, 0.25) is 5.91 Å². The second-order valence-corrected chi connectivity index (χ2v) is 8.04. The van der Waals surface area contributed by atoms with Gasteiger partial charge in [0.25, 0.3) is 5.91 Å². The first-order valence-electron chi connectivity index (χ1n) is 10.4. The summed E-state index contributed by atoms with van der Waals surface area (Å²) < 4.78 is 1.64. The fourth-order valence-electron chi connectivity index (χ4n) is 4.11. The van der Waals surface area contributed by atoms with Crippen molar-refractivity contribution in [2.45, 2.75) is 38.6 Å². The quantitative estimate of drug-likeness (QED) is 0.750. The summed E-state index contributed by atoms with van der Waals surface area (Å²) in [5, 5.41) is 14.5. The van der Waals surface area contributed by atoms with E-state index >= 15 is 0 Å². The molecular formula is C21H29ClN6O2. The predicted molar refractivity (Wildman–Crippen MR) is 116 cm³/mol. The Morgan fingerprint density at radius 3 is 2.90 bits per heavy atom. The molecule has 2 N–H and O–H groups in total. The maximum Gasteiger partial charge on any atom is 0.276 e. The minimum atomic E-state index is -0.0996. The lowest BCUT2D eigenvalue weighted by Gasteiger charge is -2.32. The number of aromatic nitrogens is 3. The van der Waals surface area contributed by atoms with Crippen LogP contribution in [0.15, 0.2) is 30.5 Å². The Kier molecular flexibility index (Phi) is 7.44. The van der Waals surface area contributed by atoms with Crippen LogP contribution in [0.2, 0.25) is 0 Å². The highest BCUT2D eigenvalue weighted by Crippen LogP contribution is 2.18. The maximum absolute atomic E-state index is 12.9. The second kappa shape index (κ2) is 10.0. The van der Waals surface area contributed by atoms with Crippen LogP contribution in [0.1, 0.15) is 41.7 Å². The molecule has 3 heterocycles. The van der Waals surface area contributed by atoms with Gasteiger partial charge in [-0.05, 0) is 62.8 Å². The zero-order valence-electron chi connectivity index (χ0n) is 17.2. The molecule has 0 aliphatic carbocycles. The fourth-order valence-corrected chi connectivity index (χ4v) is 4.11. The number of carbonyl (C=O) groups is 2. The Balaban J connectivity index is 0.00000256. The topological polar surface area (TPSA) is 92.2 Å². The second-order valence-electron chi connectivity index (χ2n) is 8.04. The van der Waals surface area contributed by atoms with E-state index in [1.807, 2.05) is 36.1 Å². The zero-order chi connectivity index (χ0) is 20.2. The first-order chi connectivity index (χ1) is 14.1. The number of benzene rings is 1. The number of piperidine rings is 1. The number of aryl methyl sites for hydroxylation is 1. The molecule has 2 saturated heterocycles. The molecular weight excluding hydrogens is 404 g/mol. The molecule has 162 valence electrons. The summed E-state index contributed by atoms with van der Waals surface area (Å²) in [6, 6.07) is 7.85. The van der Waals surface area contributed by atoms with Crippen molar-refractivity contribution in [2.75, 3.05) is 26.2 Å². The smallest absolute Gasteiger partial charge is 0.276 e. The largest absolute Gasteiger partial charge is 0.354 e. The van der Waals surface area contributed by atoms with Crippen LogP contribution in [0.25, 0.3) is 5.69 Å². The van der Waals surface area contributed by atoms with Gasteiger partial charge >= 0.3 is 0 Å². The first-order valence-corrected chi connectivity index (χ1v) is 10.4. The molecule has 8 nitrogen and oxygen atoms in total. The summed E-state index contributed by atoms with van der Waals surface area (Å²) in [6.07, 6.45) is 5.58. The Morgan fingerprint density at radius 2 is 2.13 bits per heavy atom. The Morgan fingerprint density at radius 1 is 1.27 bits per heavy atom. The van der Waals surface area contributed by atoms with E-state index in [1.54, 1.807) is 10.9 Å². The summed E-state index contributed by atoms with van der Waals surface area (Å²) in [6.45, 7) is 4.88. The normalized spacial score (nSPS) is 21.2. The van der Waals surface area contributed by atoms with Gasteiger partial charge in [0.1, 0.15) is 0 Å². The summed E-state index contributed by atoms with van der Waals surface area (Å²) in [4.78, 5) is 27.0. The molecule has 0 spiro atoms. The molecule has 0 radical (unpaired) electrons. The van der Waals surface area contributed by atoms with Crippen LogP contribution in [-0.4, -0.2) is 63.9 Å². The Hall–Kier alpha value is -2.45. The average Bonchev–Trinajstić information content (AvgIpc) is 3.44. The van der Waals surface area contributed by atoms with Crippen molar-refractivity contribution in [3.05, 3.63) is 41.7 Å². The van der Waals surface area contributed by atoms with E-state index in [9.17, 15) is 9.59 Å². The van der Waals surface area contributed by atoms with Gasteiger partial charge in [0.15, 0.2) is 5.69 Å². The molecule has 1 aromatic heterocycles. The van der Waals surface area contributed by atoms with Crippen LogP contribution in [0, 0.1) is 12.8 Å². The number of carbonyl (C=O) groups excluding carboxylic acids is 2. The fraction of sp³-hybridized carbons (Fsp3) is 0.524. The van der Waals surface area contributed by atoms with E-state index in [0.717, 1.165) is 43.5 Å². The molecule has 1 aromatic carbocycles. The summed E-state index contributed by atoms with van der Waals surface area (Å²) in [5.74, 6) is 0.245. The summed E-state index contributed by atoms with van der Waals surface area (Å²) >= 11 is 0. The van der Waals surface area contributed by atoms with Gasteiger partial charge in [-0.15, -0.1) is 17.5 Å². The molecule has 0 bridgehead atoms. The highest BCUT2D eigenvalue weighted by atomic mass is 35.5. The highest BCUT2D eigenvalue weighted by molar-refractivity contribution is 5.92. The van der Waals surface area contributed by atoms with Crippen molar-refractivity contribution in [1.29, 1.82) is 0 Å². The first kappa shape index (κ1) is 22.2. The van der Waals surface area contributed by atoms with Gasteiger partial charge in [-0.3, -0.25) is 9.59 Å². The van der Waals surface area contributed by atoms with Crippen molar-refractivity contribution in [1.82, 2.24) is 30.5 Å². The van der Waals surface area contributed by atoms with E-state index in [4.69, 9.17) is 0 Å². The highest BCUT2D eigenvalue weighted by Gasteiger charge is 2.28. The zero-order valence-corrected chi connectivity index (χ0v) is 18.0. The van der Waals surface area contributed by atoms with Crippen molar-refractivity contribution in [2.24, 2.45) is 5.92 Å². The molecule has 2 aliphatic rings. The standard InChI is InChI=1S/C21H28N6O2.ClH/c1-15-5-2-7-17(11-15)27-14-19(24-25-27)21(29)26-10-4-6-16(13-26)12-23-20(28)18-8-3-9-22-18;/h2,5,7,11,14,16,18,22H,3-4,6,8-10,12-13H2,1H3,(H,23,28);1H. The lowest BCUT2D eigenvalue weighted by Crippen LogP contribution is -2.46. The van der Waals surface area contributed by atoms with Crippen LogP contribution in [-0.2, 0) is 4.79 Å². The Labute approximate surface area is 182 Å². The van der Waals surface area contributed by atoms with E-state index in [1.165, 1.54) is 0 Å². The minimum Gasteiger partial charge on any atom is -0.354 e. The van der Waals surface area contributed by atoms with Gasteiger partial charge in [0, 0.05) is 19.6 Å². The number of nitrogens with one attached hydrogen (secondary N) is 2. The monoisotopic (exact) mass is 432 g/mol. The SMILES string of the molecule is Cc1cccc(-n2cc(C(=O)N3CCCC(CNC(=O)C4CCCN4)C3)nn2)c1.Cl. The molecule has 2 fully saturated rings. The van der Waals surface area contributed by atoms with E-state index in [2.05, 4.69) is 20.9 Å². The van der Waals surface area contributed by atoms with Crippen molar-refractivity contribution in [3.63, 3.8) is 0 Å². The third-order valence-electron chi connectivity index (χ3n) is 5.73. The van der Waals surface area contributed by atoms with Crippen LogP contribution in [0.5, 0.6) is 0 Å². The molecule has 30 heavy (non-hydrogen) atoms. The van der Waals surface area contributed by atoms with E-state index in [-0.39, 0.29) is 36.2 Å². The van der Waals surface area contributed by atoms with Crippen LogP contribution >= 0.6 is 12.4 Å². The number of hydrogen-bond donors (Lipinski definition) is 2. The van der Waals surface area contributed by atoms with Gasteiger partial charge in [0.05, 0.1) is 17.9 Å². The molecule has 2 aliphatic heterocycles. The van der Waals surface area contributed by atoms with E-state index < -0.39 is 0 Å². The van der Waals surface area contributed by atoms with Crippen LogP contribution < -0.4 is 10.6 Å². The van der Waals surface area contributed by atoms with Gasteiger partial charge in [-0.25, -0.2) is 4.68 Å². The molecule has 2 atom stereocenters. The number of rotatable bonds is 5. The number of amides is 2. The van der Waals surface area contributed by atoms with E-state index in [0.29, 0.717) is 25.3 Å². The van der Waals surface area contributed by atoms with Gasteiger partial charge < -0.3 is 15.5 Å². The van der Waals surface area contributed by atoms with Crippen LogP contribution in [0.4, 0.5) is 0 Å². The minimum absolute atomic E-state index is 0. The lowest BCUT2D eigenvalue weighted by atomic mass is 9.97. The predicted octanol–water partition coefficient (Wildman–Crippen LogP) is 1.72. The summed E-state index contributed by atoms with van der Waals surface area (Å²) in [5.41, 5.74) is 2.36. The molecule has 4 rings (SSSR count). The molecule has 2 unspecified atom stereocenters. The number of halogens is 1. The molecule has 2 amide bonds. The molecule has 9 heteroatoms. The summed E-state index contributed by atoms with van der Waals surface area (Å²) in [7, 11) is 0. The van der Waals surface area contributed by atoms with Crippen molar-refractivity contribution >= 4 is 24.2 Å². The van der Waals surface area contributed by atoms with Crippen molar-refractivity contribution < 1.29 is 9.59 Å². The lowest BCUT2D eigenvalue weighted by molar-refractivity contribution is -0.123. The van der Waals surface area contributed by atoms with Crippen LogP contribution in [0.3, 0.4) is 0 Å². The number of hydrogen-bond acceptors (Lipinski definition) is 5. The van der Waals surface area contributed by atoms with Gasteiger partial charge in [-0.2, -0.15) is 0 Å². The number of nitrogens with zero attached hydrogens (tertiary/aromatic N) is 4. The Bertz CT molecular complexity index is 880. The molecule has 2 aromatic rings. The number of likely N-dealkylation sites (tertiary alicyclic amines) is 1. The van der Waals surface area contributed by atoms with Gasteiger partial charge in [-0.1, -0.05) is 17.3 Å². The van der Waals surface area contributed by atoms with Crippen molar-refractivity contribution in [3.8, 4) is 5.69 Å². The third kappa shape index (κ3) is 5.17. The average molecular weight is 433 g/mol.